The average Bonchev–Trinajstić information content (AvgIpc) is 3.84. The van der Waals surface area contributed by atoms with Gasteiger partial charge >= 0.3 is 10.8 Å². The molecule has 2 saturated carbocycles. The second-order valence-corrected chi connectivity index (χ2v) is 16.8. The summed E-state index contributed by atoms with van der Waals surface area (Å²) in [5, 5.41) is 4.16. The molecule has 0 radical (unpaired) electrons. The van der Waals surface area contributed by atoms with Crippen LogP contribution in [0.25, 0.3) is 0 Å². The molecule has 1 aromatic heterocycles. The Hall–Kier alpha value is -3.62. The van der Waals surface area contributed by atoms with E-state index >= 15 is 0 Å². The van der Waals surface area contributed by atoms with Gasteiger partial charge in [-0.3, -0.25) is 24.1 Å². The zero-order valence-corrected chi connectivity index (χ0v) is 31.4. The zero-order chi connectivity index (χ0) is 35.7. The Morgan fingerprint density at radius 1 is 0.980 bits per heavy atom. The second kappa shape index (κ2) is 13.4. The van der Waals surface area contributed by atoms with Gasteiger partial charge in [0.05, 0.1) is 44.8 Å². The molecule has 10 nitrogen and oxygen atoms in total. The van der Waals surface area contributed by atoms with Gasteiger partial charge in [0.2, 0.25) is 11.8 Å². The quantitative estimate of drug-likeness (QED) is 0.139. The molecule has 3 aromatic carbocycles. The number of hydrogen-bond donors (Lipinski definition) is 2. The van der Waals surface area contributed by atoms with Gasteiger partial charge in [-0.05, 0) is 91.8 Å². The van der Waals surface area contributed by atoms with Crippen molar-refractivity contribution in [2.24, 2.45) is 29.6 Å². The van der Waals surface area contributed by atoms with Crippen molar-refractivity contribution < 1.29 is 28.7 Å². The molecule has 4 aromatic rings. The van der Waals surface area contributed by atoms with Crippen molar-refractivity contribution >= 4 is 97.3 Å². The highest BCUT2D eigenvalue weighted by Gasteiger charge is 2.70. The van der Waals surface area contributed by atoms with Crippen LogP contribution < -0.4 is 19.8 Å². The van der Waals surface area contributed by atoms with Crippen molar-refractivity contribution in [2.45, 2.75) is 29.5 Å². The molecule has 7 atom stereocenters. The van der Waals surface area contributed by atoms with Crippen molar-refractivity contribution in [3.8, 4) is 5.75 Å². The van der Waals surface area contributed by atoms with Crippen LogP contribution in [0.3, 0.4) is 0 Å². The van der Waals surface area contributed by atoms with E-state index in [9.17, 15) is 24.0 Å². The van der Waals surface area contributed by atoms with Crippen LogP contribution in [0.2, 0.25) is 10.0 Å². The molecule has 2 N–H and O–H groups in total. The first-order chi connectivity index (χ1) is 24.5. The van der Waals surface area contributed by atoms with E-state index in [1.807, 2.05) is 12.1 Å². The fourth-order valence-corrected chi connectivity index (χ4v) is 11.9. The summed E-state index contributed by atoms with van der Waals surface area (Å²) in [6, 6.07) is 16.7. The summed E-state index contributed by atoms with van der Waals surface area (Å²) in [6.07, 6.45) is 0.705. The molecular formula is C36H28BrCl2N3O7S2. The summed E-state index contributed by atoms with van der Waals surface area (Å²) in [5.74, 6) is -2.57. The minimum Gasteiger partial charge on any atom is -0.483 e. The maximum absolute atomic E-state index is 14.2. The van der Waals surface area contributed by atoms with E-state index in [0.717, 1.165) is 31.3 Å². The number of thiazole rings is 1. The monoisotopic (exact) mass is 827 g/mol. The lowest BCUT2D eigenvalue weighted by molar-refractivity contribution is -0.123. The largest absolute Gasteiger partial charge is 0.483 e. The number of nitrogens with zero attached hydrogens (tertiary/aromatic N) is 1. The SMILES string of the molecule is CCOC(=O)c1ccc(N2C(=O)[C@H]3[C@H]4C[C@@H]([C@@H]3C2=O)[C@@H]2[C@H](c3cc(Br)ccc3OCC(=O)Nc3ccc(Cl)c(Cl)c3)c3sc(=O)[nH]c3S[C@H]42)cc1. The van der Waals surface area contributed by atoms with Crippen molar-refractivity contribution in [1.29, 1.82) is 0 Å². The molecule has 1 saturated heterocycles. The van der Waals surface area contributed by atoms with Gasteiger partial charge in [0.1, 0.15) is 5.75 Å². The summed E-state index contributed by atoms with van der Waals surface area (Å²) in [4.78, 5) is 71.3. The molecule has 8 rings (SSSR count). The molecule has 3 fully saturated rings. The molecular weight excluding hydrogens is 801 g/mol. The predicted octanol–water partition coefficient (Wildman–Crippen LogP) is 7.38. The van der Waals surface area contributed by atoms with Gasteiger partial charge in [0, 0.05) is 31.8 Å². The number of esters is 1. The third kappa shape index (κ3) is 5.90. The van der Waals surface area contributed by atoms with Gasteiger partial charge in [0.25, 0.3) is 5.91 Å². The lowest BCUT2D eigenvalue weighted by Crippen LogP contribution is -2.42. The number of anilines is 2. The van der Waals surface area contributed by atoms with Crippen molar-refractivity contribution in [1.82, 2.24) is 4.98 Å². The lowest BCUT2D eigenvalue weighted by Gasteiger charge is -2.43. The summed E-state index contributed by atoms with van der Waals surface area (Å²) in [6.45, 7) is 1.66. The van der Waals surface area contributed by atoms with Gasteiger partial charge in [0.15, 0.2) is 6.61 Å². The van der Waals surface area contributed by atoms with E-state index in [4.69, 9.17) is 32.7 Å². The average molecular weight is 830 g/mol. The highest BCUT2D eigenvalue weighted by molar-refractivity contribution is 9.10. The number of carbonyl (C=O) groups is 4. The highest BCUT2D eigenvalue weighted by Crippen LogP contribution is 2.69. The zero-order valence-electron chi connectivity index (χ0n) is 26.7. The molecule has 0 spiro atoms. The number of nitrogens with one attached hydrogen (secondary N) is 2. The van der Waals surface area contributed by atoms with Crippen LogP contribution in [0.1, 0.15) is 40.1 Å². The summed E-state index contributed by atoms with van der Waals surface area (Å²) < 4.78 is 12.1. The van der Waals surface area contributed by atoms with Crippen molar-refractivity contribution in [3.05, 3.63) is 101 Å². The number of hydrogen-bond acceptors (Lipinski definition) is 9. The van der Waals surface area contributed by atoms with E-state index < -0.39 is 23.7 Å². The Kier molecular flexibility index (Phi) is 9.07. The third-order valence-corrected chi connectivity index (χ3v) is 14.1. The number of aromatic amines is 1. The van der Waals surface area contributed by atoms with E-state index in [1.165, 1.54) is 4.90 Å². The molecule has 51 heavy (non-hydrogen) atoms. The van der Waals surface area contributed by atoms with Crippen LogP contribution in [0.4, 0.5) is 11.4 Å². The Morgan fingerprint density at radius 3 is 2.45 bits per heavy atom. The number of benzene rings is 3. The minimum absolute atomic E-state index is 0.0494. The number of imide groups is 1. The Bertz CT molecular complexity index is 2180. The fourth-order valence-electron chi connectivity index (χ4n) is 8.39. The minimum atomic E-state index is -0.526. The summed E-state index contributed by atoms with van der Waals surface area (Å²) in [5.41, 5.74) is 2.01. The van der Waals surface area contributed by atoms with Crippen molar-refractivity contribution in [3.63, 3.8) is 0 Å². The van der Waals surface area contributed by atoms with Crippen LogP contribution >= 0.6 is 62.2 Å². The molecule has 2 aliphatic carbocycles. The number of ether oxygens (including phenoxy) is 2. The first kappa shape index (κ1) is 34.5. The summed E-state index contributed by atoms with van der Waals surface area (Å²) >= 11 is 18.5. The third-order valence-electron chi connectivity index (χ3n) is 10.2. The number of amides is 3. The van der Waals surface area contributed by atoms with Crippen LogP contribution in [0.5, 0.6) is 5.75 Å². The van der Waals surface area contributed by atoms with Gasteiger partial charge in [-0.15, -0.1) is 11.8 Å². The van der Waals surface area contributed by atoms with Gasteiger partial charge < -0.3 is 19.8 Å². The van der Waals surface area contributed by atoms with E-state index in [0.29, 0.717) is 39.2 Å². The van der Waals surface area contributed by atoms with E-state index in [1.54, 1.807) is 67.2 Å². The molecule has 15 heteroatoms. The molecule has 4 aliphatic rings. The number of rotatable bonds is 8. The molecule has 2 aliphatic heterocycles. The topological polar surface area (TPSA) is 135 Å². The molecule has 2 bridgehead atoms. The standard InChI is InChI=1S/C36H28BrCl2N3O7S2/c1-2-48-35(46)15-3-7-18(8-4-15)42-33(44)28-20-13-21(29(28)34(42)45)30-27(20)26(31-32(50-30)41-36(47)51-31)19-11-16(37)5-10-24(19)49-14-25(43)40-17-6-9-22(38)23(39)12-17/h3-12,20-21,26-30H,2,13-14H2,1H3,(H,40,43)(H,41,47)/t20-,21-,26+,27-,28+,29+,30-/m1/s1. The van der Waals surface area contributed by atoms with Crippen LogP contribution in [-0.4, -0.2) is 47.1 Å². The summed E-state index contributed by atoms with van der Waals surface area (Å²) in [7, 11) is 0. The molecule has 3 heterocycles. The number of carbonyl (C=O) groups excluding carboxylic acids is 4. The van der Waals surface area contributed by atoms with Crippen LogP contribution in [0, 0.1) is 29.6 Å². The number of fused-ring (bicyclic) bond motifs is 9. The first-order valence-electron chi connectivity index (χ1n) is 16.3. The lowest BCUT2D eigenvalue weighted by atomic mass is 9.68. The predicted molar refractivity (Wildman–Crippen MR) is 198 cm³/mol. The van der Waals surface area contributed by atoms with Crippen molar-refractivity contribution in [2.75, 3.05) is 23.4 Å². The number of halogens is 3. The van der Waals surface area contributed by atoms with E-state index in [2.05, 4.69) is 26.2 Å². The Labute approximate surface area is 318 Å². The maximum Gasteiger partial charge on any atom is 0.338 e. The van der Waals surface area contributed by atoms with Gasteiger partial charge in [-0.1, -0.05) is 50.5 Å². The number of thioether (sulfide) groups is 1. The Morgan fingerprint density at radius 2 is 1.73 bits per heavy atom. The second-order valence-electron chi connectivity index (χ2n) is 12.9. The van der Waals surface area contributed by atoms with Crippen LogP contribution in [0.15, 0.2) is 75.0 Å². The molecule has 3 amide bonds. The molecule has 0 unspecified atom stereocenters. The first-order valence-corrected chi connectivity index (χ1v) is 19.5. The number of aromatic nitrogens is 1. The highest BCUT2D eigenvalue weighted by atomic mass is 79.9. The smallest absolute Gasteiger partial charge is 0.338 e. The maximum atomic E-state index is 14.2. The van der Waals surface area contributed by atoms with E-state index in [-0.39, 0.29) is 58.8 Å². The van der Waals surface area contributed by atoms with Gasteiger partial charge in [-0.25, -0.2) is 4.79 Å². The molecule has 262 valence electrons. The fraction of sp³-hybridized carbons (Fsp3) is 0.306. The number of H-pyrrole nitrogens is 1. The normalized spacial score (nSPS) is 25.7. The van der Waals surface area contributed by atoms with Gasteiger partial charge in [-0.2, -0.15) is 0 Å². The Balaban J connectivity index is 1.10. The van der Waals surface area contributed by atoms with Crippen LogP contribution in [-0.2, 0) is 19.1 Å².